The molecular formula is C19H32O13. The molecule has 0 aliphatic carbocycles. The first-order chi connectivity index (χ1) is 15.0. The first kappa shape index (κ1) is 26.8. The van der Waals surface area contributed by atoms with E-state index in [4.69, 9.17) is 23.7 Å². The lowest BCUT2D eigenvalue weighted by molar-refractivity contribution is -0.384. The summed E-state index contributed by atoms with van der Waals surface area (Å²) in [6.45, 7) is 2.09. The molecule has 0 amide bonds. The highest BCUT2D eigenvalue weighted by Crippen LogP contribution is 2.38. The molecule has 0 saturated carbocycles. The van der Waals surface area contributed by atoms with Gasteiger partial charge >= 0.3 is 11.9 Å². The van der Waals surface area contributed by atoms with E-state index >= 15 is 0 Å². The van der Waals surface area contributed by atoms with Crippen LogP contribution < -0.4 is 0 Å². The predicted octanol–water partition coefficient (Wildman–Crippen LogP) is -3.23. The number of carbonyl (C=O) groups is 2. The number of rotatable bonds is 9. The fourth-order valence-electron chi connectivity index (χ4n) is 3.60. The number of esters is 2. The largest absolute Gasteiger partial charge is 0.454 e. The van der Waals surface area contributed by atoms with Crippen LogP contribution in [0.15, 0.2) is 0 Å². The van der Waals surface area contributed by atoms with Crippen LogP contribution in [0.2, 0.25) is 0 Å². The Kier molecular flexibility index (Phi) is 9.34. The molecule has 0 aromatic rings. The minimum Gasteiger partial charge on any atom is -0.454 e. The summed E-state index contributed by atoms with van der Waals surface area (Å²) < 4.78 is 26.9. The Morgan fingerprint density at radius 1 is 0.969 bits per heavy atom. The fraction of sp³-hybridized carbons (Fsp3) is 0.895. The summed E-state index contributed by atoms with van der Waals surface area (Å²) in [6, 6.07) is 0. The second-order valence-corrected chi connectivity index (χ2v) is 8.21. The second kappa shape index (κ2) is 11.1. The van der Waals surface area contributed by atoms with E-state index in [9.17, 15) is 40.2 Å². The minimum absolute atomic E-state index is 0.0258. The van der Waals surface area contributed by atoms with Crippen LogP contribution in [0.3, 0.4) is 0 Å². The molecule has 13 nitrogen and oxygen atoms in total. The Morgan fingerprint density at radius 2 is 1.59 bits per heavy atom. The molecule has 9 atom stereocenters. The van der Waals surface area contributed by atoms with Crippen molar-refractivity contribution in [1.82, 2.24) is 0 Å². The molecule has 6 N–H and O–H groups in total. The molecule has 2 saturated heterocycles. The zero-order valence-corrected chi connectivity index (χ0v) is 18.1. The Bertz CT molecular complexity index is 643. The number of carbonyl (C=O) groups excluding carboxylic acids is 2. The molecule has 0 bridgehead atoms. The predicted molar refractivity (Wildman–Crippen MR) is 102 cm³/mol. The maximum atomic E-state index is 12.3. The molecule has 0 spiro atoms. The van der Waals surface area contributed by atoms with Gasteiger partial charge in [0, 0.05) is 13.3 Å². The maximum Gasteiger partial charge on any atom is 0.306 e. The Morgan fingerprint density at radius 3 is 2.09 bits per heavy atom. The Balaban J connectivity index is 2.36. The Hall–Kier alpha value is -1.42. The molecule has 2 fully saturated rings. The van der Waals surface area contributed by atoms with E-state index in [2.05, 4.69) is 0 Å². The standard InChI is InChI=1S/C19H32O13/c1-8(2)4-12(24)30-17-14(26)11(6-21)31-19(17,7-22)32-18-16(28-9(3)23)15(27)13(25)10(5-20)29-18/h8,10-11,13-18,20-22,25-27H,4-7H2,1-3H3/t10-,11-,13-,14-,15+,16-,17+,18-,19+/m1/s1. The number of aliphatic hydroxyl groups is 6. The average molecular weight is 468 g/mol. The van der Waals surface area contributed by atoms with Crippen molar-refractivity contribution in [3.8, 4) is 0 Å². The van der Waals surface area contributed by atoms with E-state index < -0.39 is 86.6 Å². The molecule has 0 radical (unpaired) electrons. The molecule has 0 aromatic heterocycles. The van der Waals surface area contributed by atoms with Gasteiger partial charge in [-0.15, -0.1) is 0 Å². The van der Waals surface area contributed by atoms with Crippen molar-refractivity contribution in [2.75, 3.05) is 19.8 Å². The zero-order valence-electron chi connectivity index (χ0n) is 18.1. The van der Waals surface area contributed by atoms with Crippen molar-refractivity contribution in [3.05, 3.63) is 0 Å². The summed E-state index contributed by atoms with van der Waals surface area (Å²) in [7, 11) is 0. The van der Waals surface area contributed by atoms with Crippen molar-refractivity contribution < 1.29 is 63.9 Å². The molecule has 0 aromatic carbocycles. The van der Waals surface area contributed by atoms with Crippen molar-refractivity contribution in [2.45, 2.75) is 82.0 Å². The molecule has 2 rings (SSSR count). The van der Waals surface area contributed by atoms with Gasteiger partial charge in [0.1, 0.15) is 37.1 Å². The fourth-order valence-corrected chi connectivity index (χ4v) is 3.60. The molecule has 0 unspecified atom stereocenters. The van der Waals surface area contributed by atoms with Gasteiger partial charge in [0.05, 0.1) is 13.2 Å². The average Bonchev–Trinajstić information content (AvgIpc) is 2.98. The van der Waals surface area contributed by atoms with Crippen molar-refractivity contribution in [1.29, 1.82) is 0 Å². The van der Waals surface area contributed by atoms with Crippen molar-refractivity contribution in [2.24, 2.45) is 5.92 Å². The summed E-state index contributed by atoms with van der Waals surface area (Å²) in [4.78, 5) is 23.8. The second-order valence-electron chi connectivity index (χ2n) is 8.21. The molecule has 32 heavy (non-hydrogen) atoms. The van der Waals surface area contributed by atoms with Gasteiger partial charge in [0.25, 0.3) is 0 Å². The summed E-state index contributed by atoms with van der Waals surface area (Å²) in [5.74, 6) is -3.97. The molecule has 2 heterocycles. The lowest BCUT2D eigenvalue weighted by Gasteiger charge is -2.44. The van der Waals surface area contributed by atoms with Gasteiger partial charge in [0.15, 0.2) is 12.2 Å². The molecule has 13 heteroatoms. The smallest absolute Gasteiger partial charge is 0.306 e. The topological polar surface area (TPSA) is 202 Å². The van der Waals surface area contributed by atoms with Gasteiger partial charge in [-0.2, -0.15) is 0 Å². The lowest BCUT2D eigenvalue weighted by atomic mass is 9.98. The van der Waals surface area contributed by atoms with Crippen LogP contribution in [0.4, 0.5) is 0 Å². The molecule has 186 valence electrons. The van der Waals surface area contributed by atoms with E-state index in [0.717, 1.165) is 6.92 Å². The van der Waals surface area contributed by atoms with Gasteiger partial charge < -0.3 is 54.3 Å². The van der Waals surface area contributed by atoms with Gasteiger partial charge in [0.2, 0.25) is 12.1 Å². The third-order valence-corrected chi connectivity index (χ3v) is 5.15. The number of hydrogen-bond donors (Lipinski definition) is 6. The number of ether oxygens (including phenoxy) is 5. The van der Waals surface area contributed by atoms with Crippen LogP contribution >= 0.6 is 0 Å². The maximum absolute atomic E-state index is 12.3. The van der Waals surface area contributed by atoms with E-state index in [1.807, 2.05) is 0 Å². The van der Waals surface area contributed by atoms with Crippen LogP contribution in [0.25, 0.3) is 0 Å². The third kappa shape index (κ3) is 5.73. The summed E-state index contributed by atoms with van der Waals surface area (Å²) >= 11 is 0. The summed E-state index contributed by atoms with van der Waals surface area (Å²) in [5.41, 5.74) is 0. The molecular weight excluding hydrogens is 436 g/mol. The van der Waals surface area contributed by atoms with Crippen LogP contribution in [0.5, 0.6) is 0 Å². The Labute approximate surface area is 184 Å². The highest BCUT2D eigenvalue weighted by Gasteiger charge is 2.61. The van der Waals surface area contributed by atoms with Crippen LogP contribution in [0.1, 0.15) is 27.2 Å². The number of hydrogen-bond acceptors (Lipinski definition) is 13. The van der Waals surface area contributed by atoms with Crippen LogP contribution in [-0.4, -0.2) is 117 Å². The van der Waals surface area contributed by atoms with Crippen LogP contribution in [-0.2, 0) is 33.3 Å². The highest BCUT2D eigenvalue weighted by molar-refractivity contribution is 5.70. The quantitative estimate of drug-likeness (QED) is 0.185. The number of aliphatic hydroxyl groups excluding tert-OH is 6. The minimum atomic E-state index is -2.29. The van der Waals surface area contributed by atoms with Gasteiger partial charge in [-0.3, -0.25) is 9.59 Å². The van der Waals surface area contributed by atoms with E-state index in [1.165, 1.54) is 0 Å². The zero-order chi connectivity index (χ0) is 24.2. The van der Waals surface area contributed by atoms with Gasteiger partial charge in [-0.25, -0.2) is 0 Å². The third-order valence-electron chi connectivity index (χ3n) is 5.15. The lowest BCUT2D eigenvalue weighted by Crippen LogP contribution is -2.64. The normalized spacial score (nSPS) is 39.8. The SMILES string of the molecule is CC(=O)O[C@H]1[C@@H](O[C@]2(CO)O[C@H](CO)[C@@H](O)[C@@H]2OC(=O)CC(C)C)O[C@H](CO)[C@@H](O)[C@@H]1O. The first-order valence-corrected chi connectivity index (χ1v) is 10.2. The van der Waals surface area contributed by atoms with Crippen molar-refractivity contribution >= 4 is 11.9 Å². The summed E-state index contributed by atoms with van der Waals surface area (Å²) in [5, 5.41) is 60.1. The van der Waals surface area contributed by atoms with Crippen molar-refractivity contribution in [3.63, 3.8) is 0 Å². The highest BCUT2D eigenvalue weighted by atomic mass is 16.8. The van der Waals surface area contributed by atoms with Gasteiger partial charge in [-0.05, 0) is 5.92 Å². The molecule has 2 aliphatic heterocycles. The molecule has 2 aliphatic rings. The van der Waals surface area contributed by atoms with E-state index in [1.54, 1.807) is 13.8 Å². The van der Waals surface area contributed by atoms with Gasteiger partial charge in [-0.1, -0.05) is 13.8 Å². The first-order valence-electron chi connectivity index (χ1n) is 10.2. The summed E-state index contributed by atoms with van der Waals surface area (Å²) in [6.07, 6.45) is -12.7. The van der Waals surface area contributed by atoms with E-state index in [0.29, 0.717) is 0 Å². The van der Waals surface area contributed by atoms with Crippen LogP contribution in [0, 0.1) is 5.92 Å². The van der Waals surface area contributed by atoms with E-state index in [-0.39, 0.29) is 12.3 Å². The monoisotopic (exact) mass is 468 g/mol.